The molecule has 0 aromatic heterocycles. The highest BCUT2D eigenvalue weighted by atomic mass is 16.7. The Labute approximate surface area is 122 Å². The Morgan fingerprint density at radius 1 is 1.19 bits per heavy atom. The van der Waals surface area contributed by atoms with E-state index in [-0.39, 0.29) is 25.7 Å². The lowest BCUT2D eigenvalue weighted by molar-refractivity contribution is -0.136. The van der Waals surface area contributed by atoms with Crippen LogP contribution in [0, 0.1) is 0 Å². The summed E-state index contributed by atoms with van der Waals surface area (Å²) in [6.07, 6.45) is -0.105. The summed E-state index contributed by atoms with van der Waals surface area (Å²) in [4.78, 5) is 22.0. The molecule has 0 aliphatic rings. The first-order valence-corrected chi connectivity index (χ1v) is 6.43. The molecule has 0 unspecified atom stereocenters. The number of carbonyl (C=O) groups is 2. The molecule has 7 heteroatoms. The van der Waals surface area contributed by atoms with E-state index in [0.29, 0.717) is 24.5 Å². The number of carbonyl (C=O) groups excluding carboxylic acids is 1. The van der Waals surface area contributed by atoms with Crippen LogP contribution in [-0.2, 0) is 14.3 Å². The Morgan fingerprint density at radius 2 is 1.90 bits per heavy atom. The molecular weight excluding hydrogens is 278 g/mol. The van der Waals surface area contributed by atoms with Crippen molar-refractivity contribution in [3.05, 3.63) is 29.8 Å². The van der Waals surface area contributed by atoms with Crippen LogP contribution in [0.2, 0.25) is 0 Å². The Hall–Kier alpha value is -2.12. The fourth-order valence-corrected chi connectivity index (χ4v) is 1.40. The minimum atomic E-state index is -0.951. The number of hydrogen-bond acceptors (Lipinski definition) is 5. The number of amides is 1. The Kier molecular flexibility index (Phi) is 7.85. The summed E-state index contributed by atoms with van der Waals surface area (Å²) in [6.45, 7) is 1.15. The van der Waals surface area contributed by atoms with Gasteiger partial charge in [-0.15, -0.1) is 0 Å². The zero-order valence-corrected chi connectivity index (χ0v) is 11.8. The van der Waals surface area contributed by atoms with Crippen molar-refractivity contribution in [2.45, 2.75) is 6.42 Å². The SMILES string of the molecule is COCCOCOc1ccc(C(=O)NCCC(=O)O)cc1. The van der Waals surface area contributed by atoms with Gasteiger partial charge >= 0.3 is 5.97 Å². The van der Waals surface area contributed by atoms with Crippen molar-refractivity contribution in [2.24, 2.45) is 0 Å². The molecule has 1 aromatic carbocycles. The molecule has 1 amide bonds. The van der Waals surface area contributed by atoms with Crippen molar-refractivity contribution in [1.29, 1.82) is 0 Å². The molecule has 0 saturated carbocycles. The standard InChI is InChI=1S/C14H19NO6/c1-19-8-9-20-10-21-12-4-2-11(3-5-12)14(18)15-7-6-13(16)17/h2-5H,6-10H2,1H3,(H,15,18)(H,16,17). The van der Waals surface area contributed by atoms with E-state index in [1.165, 1.54) is 0 Å². The molecule has 21 heavy (non-hydrogen) atoms. The van der Waals surface area contributed by atoms with Crippen molar-refractivity contribution < 1.29 is 28.9 Å². The largest absolute Gasteiger partial charge is 0.481 e. The molecule has 1 aromatic rings. The van der Waals surface area contributed by atoms with E-state index in [1.54, 1.807) is 31.4 Å². The highest BCUT2D eigenvalue weighted by Gasteiger charge is 2.06. The van der Waals surface area contributed by atoms with Crippen LogP contribution >= 0.6 is 0 Å². The van der Waals surface area contributed by atoms with Crippen molar-refractivity contribution >= 4 is 11.9 Å². The minimum Gasteiger partial charge on any atom is -0.481 e. The lowest BCUT2D eigenvalue weighted by atomic mass is 10.2. The molecule has 7 nitrogen and oxygen atoms in total. The summed E-state index contributed by atoms with van der Waals surface area (Å²) in [5.41, 5.74) is 0.438. The van der Waals surface area contributed by atoms with Gasteiger partial charge in [-0.3, -0.25) is 9.59 Å². The number of ether oxygens (including phenoxy) is 3. The highest BCUT2D eigenvalue weighted by Crippen LogP contribution is 2.12. The van der Waals surface area contributed by atoms with E-state index in [0.717, 1.165) is 0 Å². The molecule has 0 fully saturated rings. The van der Waals surface area contributed by atoms with E-state index in [1.807, 2.05) is 0 Å². The van der Waals surface area contributed by atoms with E-state index >= 15 is 0 Å². The number of rotatable bonds is 10. The molecule has 0 aliphatic carbocycles. The van der Waals surface area contributed by atoms with Gasteiger partial charge in [0.2, 0.25) is 0 Å². The first-order valence-electron chi connectivity index (χ1n) is 6.43. The summed E-state index contributed by atoms with van der Waals surface area (Å²) < 4.78 is 15.3. The van der Waals surface area contributed by atoms with E-state index < -0.39 is 5.97 Å². The third-order valence-corrected chi connectivity index (χ3v) is 2.48. The quantitative estimate of drug-likeness (QED) is 0.492. The highest BCUT2D eigenvalue weighted by molar-refractivity contribution is 5.94. The Balaban J connectivity index is 2.32. The van der Waals surface area contributed by atoms with Crippen LogP contribution in [0.15, 0.2) is 24.3 Å². The maximum Gasteiger partial charge on any atom is 0.305 e. The zero-order chi connectivity index (χ0) is 15.5. The Bertz CT molecular complexity index is 445. The predicted molar refractivity (Wildman–Crippen MR) is 74.4 cm³/mol. The van der Waals surface area contributed by atoms with E-state index in [4.69, 9.17) is 19.3 Å². The Morgan fingerprint density at radius 3 is 2.52 bits per heavy atom. The third-order valence-electron chi connectivity index (χ3n) is 2.48. The maximum atomic E-state index is 11.7. The first-order chi connectivity index (χ1) is 10.1. The fraction of sp³-hybridized carbons (Fsp3) is 0.429. The number of methoxy groups -OCH3 is 1. The molecule has 0 radical (unpaired) electrons. The number of nitrogens with one attached hydrogen (secondary N) is 1. The minimum absolute atomic E-state index is 0.0970. The second kappa shape index (κ2) is 9.73. The molecule has 0 bridgehead atoms. The van der Waals surface area contributed by atoms with Gasteiger partial charge < -0.3 is 24.6 Å². The monoisotopic (exact) mass is 297 g/mol. The summed E-state index contributed by atoms with van der Waals surface area (Å²) in [7, 11) is 1.59. The second-order valence-corrected chi connectivity index (χ2v) is 4.09. The molecule has 1 rings (SSSR count). The van der Waals surface area contributed by atoms with Gasteiger partial charge in [0.1, 0.15) is 5.75 Å². The second-order valence-electron chi connectivity index (χ2n) is 4.09. The first kappa shape index (κ1) is 16.9. The number of aliphatic carboxylic acids is 1. The molecule has 0 heterocycles. The van der Waals surface area contributed by atoms with Gasteiger partial charge in [0.25, 0.3) is 5.91 Å². The predicted octanol–water partition coefficient (Wildman–Crippen LogP) is 0.890. The van der Waals surface area contributed by atoms with Gasteiger partial charge in [-0.2, -0.15) is 0 Å². The van der Waals surface area contributed by atoms with Crippen molar-refractivity contribution in [1.82, 2.24) is 5.32 Å². The van der Waals surface area contributed by atoms with Gasteiger partial charge in [0, 0.05) is 19.2 Å². The topological polar surface area (TPSA) is 94.1 Å². The molecular formula is C14H19NO6. The van der Waals surface area contributed by atoms with Crippen LogP contribution in [0.4, 0.5) is 0 Å². The smallest absolute Gasteiger partial charge is 0.305 e. The van der Waals surface area contributed by atoms with Crippen molar-refractivity contribution in [3.63, 3.8) is 0 Å². The molecule has 0 aliphatic heterocycles. The van der Waals surface area contributed by atoms with Crippen LogP contribution in [0.5, 0.6) is 5.75 Å². The number of hydrogen-bond donors (Lipinski definition) is 2. The summed E-state index contributed by atoms with van der Waals surface area (Å²) in [5, 5.41) is 11.0. The number of carboxylic acids is 1. The lowest BCUT2D eigenvalue weighted by Gasteiger charge is -2.08. The lowest BCUT2D eigenvalue weighted by Crippen LogP contribution is -2.25. The fourth-order valence-electron chi connectivity index (χ4n) is 1.40. The molecule has 2 N–H and O–H groups in total. The molecule has 0 spiro atoms. The van der Waals surface area contributed by atoms with Crippen molar-refractivity contribution in [2.75, 3.05) is 33.7 Å². The van der Waals surface area contributed by atoms with Gasteiger partial charge in [0.15, 0.2) is 6.79 Å². The van der Waals surface area contributed by atoms with Crippen LogP contribution < -0.4 is 10.1 Å². The van der Waals surface area contributed by atoms with Crippen LogP contribution in [0.25, 0.3) is 0 Å². The normalized spacial score (nSPS) is 10.1. The van der Waals surface area contributed by atoms with Gasteiger partial charge in [0.05, 0.1) is 19.6 Å². The van der Waals surface area contributed by atoms with Crippen molar-refractivity contribution in [3.8, 4) is 5.75 Å². The zero-order valence-electron chi connectivity index (χ0n) is 11.8. The maximum absolute atomic E-state index is 11.7. The van der Waals surface area contributed by atoms with Gasteiger partial charge in [-0.1, -0.05) is 0 Å². The van der Waals surface area contributed by atoms with Crippen LogP contribution in [-0.4, -0.2) is 50.6 Å². The third kappa shape index (κ3) is 7.28. The summed E-state index contributed by atoms with van der Waals surface area (Å²) >= 11 is 0. The summed E-state index contributed by atoms with van der Waals surface area (Å²) in [6, 6.07) is 6.48. The van der Waals surface area contributed by atoms with Gasteiger partial charge in [-0.05, 0) is 24.3 Å². The molecule has 0 atom stereocenters. The average molecular weight is 297 g/mol. The van der Waals surface area contributed by atoms with Crippen LogP contribution in [0.3, 0.4) is 0 Å². The van der Waals surface area contributed by atoms with E-state index in [9.17, 15) is 9.59 Å². The van der Waals surface area contributed by atoms with Gasteiger partial charge in [-0.25, -0.2) is 0 Å². The molecule has 0 saturated heterocycles. The number of benzene rings is 1. The van der Waals surface area contributed by atoms with Crippen LogP contribution in [0.1, 0.15) is 16.8 Å². The number of carboxylic acid groups (broad SMARTS) is 1. The molecule has 116 valence electrons. The van der Waals surface area contributed by atoms with E-state index in [2.05, 4.69) is 5.32 Å². The average Bonchev–Trinajstić information content (AvgIpc) is 2.47. The summed E-state index contributed by atoms with van der Waals surface area (Å²) in [5.74, 6) is -0.693.